The Balaban J connectivity index is 1.64. The van der Waals surface area contributed by atoms with E-state index in [4.69, 9.17) is 4.74 Å². The van der Waals surface area contributed by atoms with E-state index in [1.54, 1.807) is 0 Å². The van der Waals surface area contributed by atoms with Crippen molar-refractivity contribution >= 4 is 0 Å². The molecule has 2 unspecified atom stereocenters. The molecule has 94 valence electrons. The van der Waals surface area contributed by atoms with Gasteiger partial charge in [-0.05, 0) is 44.1 Å². The predicted octanol–water partition coefficient (Wildman–Crippen LogP) is 2.97. The normalized spacial score (nSPS) is 32.8. The van der Waals surface area contributed by atoms with Crippen molar-refractivity contribution < 1.29 is 4.74 Å². The van der Waals surface area contributed by atoms with Crippen molar-refractivity contribution in [1.82, 2.24) is 5.32 Å². The second-order valence-electron chi connectivity index (χ2n) is 5.60. The summed E-state index contributed by atoms with van der Waals surface area (Å²) >= 11 is 0. The molecule has 1 heterocycles. The van der Waals surface area contributed by atoms with Gasteiger partial charge >= 0.3 is 0 Å². The van der Waals surface area contributed by atoms with E-state index in [-0.39, 0.29) is 0 Å². The second-order valence-corrected chi connectivity index (χ2v) is 5.60. The summed E-state index contributed by atoms with van der Waals surface area (Å²) in [6.07, 6.45) is 9.61. The minimum absolute atomic E-state index is 0.807. The molecule has 0 aromatic rings. The van der Waals surface area contributed by atoms with Crippen molar-refractivity contribution in [3.63, 3.8) is 0 Å². The van der Waals surface area contributed by atoms with Crippen LogP contribution in [-0.4, -0.2) is 25.8 Å². The Morgan fingerprint density at radius 1 is 1.06 bits per heavy atom. The smallest absolute Gasteiger partial charge is 0.0469 e. The highest BCUT2D eigenvalue weighted by Crippen LogP contribution is 2.26. The summed E-state index contributed by atoms with van der Waals surface area (Å²) in [5.41, 5.74) is 0. The average Bonchev–Trinajstić information content (AvgIpc) is 2.38. The summed E-state index contributed by atoms with van der Waals surface area (Å²) in [7, 11) is 0. The lowest BCUT2D eigenvalue weighted by atomic mass is 9.84. The molecule has 0 amide bonds. The summed E-state index contributed by atoms with van der Waals surface area (Å²) < 4.78 is 5.40. The largest absolute Gasteiger partial charge is 0.381 e. The first-order chi connectivity index (χ1) is 7.88. The molecule has 1 aliphatic heterocycles. The van der Waals surface area contributed by atoms with Crippen molar-refractivity contribution in [1.29, 1.82) is 0 Å². The van der Waals surface area contributed by atoms with Crippen LogP contribution in [0, 0.1) is 11.8 Å². The van der Waals surface area contributed by atoms with Crippen LogP contribution in [0.15, 0.2) is 0 Å². The highest BCUT2D eigenvalue weighted by molar-refractivity contribution is 4.78. The van der Waals surface area contributed by atoms with E-state index in [1.807, 2.05) is 0 Å². The first-order valence-electron chi connectivity index (χ1n) is 7.19. The Labute approximate surface area is 100 Å². The molecule has 0 radical (unpaired) electrons. The molecule has 1 aliphatic carbocycles. The standard InChI is InChI=1S/C14H27NO/c1-2-12-4-3-5-14(10-12)15-11-13-6-8-16-9-7-13/h12-15H,2-11H2,1H3. The fourth-order valence-corrected chi connectivity index (χ4v) is 3.13. The molecule has 0 spiro atoms. The van der Waals surface area contributed by atoms with Crippen LogP contribution in [0.1, 0.15) is 51.9 Å². The van der Waals surface area contributed by atoms with Crippen LogP contribution in [0.2, 0.25) is 0 Å². The lowest BCUT2D eigenvalue weighted by Gasteiger charge is -2.31. The molecule has 2 fully saturated rings. The third kappa shape index (κ3) is 3.74. The van der Waals surface area contributed by atoms with E-state index in [0.717, 1.165) is 31.1 Å². The van der Waals surface area contributed by atoms with Crippen LogP contribution in [0.4, 0.5) is 0 Å². The number of hydrogen-bond donors (Lipinski definition) is 1. The van der Waals surface area contributed by atoms with Crippen molar-refractivity contribution in [2.75, 3.05) is 19.8 Å². The van der Waals surface area contributed by atoms with Crippen molar-refractivity contribution in [3.05, 3.63) is 0 Å². The molecule has 2 atom stereocenters. The molecule has 2 rings (SSSR count). The molecule has 2 heteroatoms. The van der Waals surface area contributed by atoms with E-state index < -0.39 is 0 Å². The molecule has 2 aliphatic rings. The Morgan fingerprint density at radius 2 is 1.88 bits per heavy atom. The van der Waals surface area contributed by atoms with Gasteiger partial charge in [0, 0.05) is 19.3 Å². The zero-order valence-corrected chi connectivity index (χ0v) is 10.7. The number of hydrogen-bond acceptors (Lipinski definition) is 2. The minimum atomic E-state index is 0.807. The summed E-state index contributed by atoms with van der Waals surface area (Å²) in [4.78, 5) is 0. The van der Waals surface area contributed by atoms with E-state index in [1.165, 1.54) is 51.5 Å². The van der Waals surface area contributed by atoms with Gasteiger partial charge < -0.3 is 10.1 Å². The third-order valence-corrected chi connectivity index (χ3v) is 4.40. The maximum atomic E-state index is 5.40. The second kappa shape index (κ2) is 6.61. The van der Waals surface area contributed by atoms with Gasteiger partial charge in [-0.25, -0.2) is 0 Å². The van der Waals surface area contributed by atoms with Crippen molar-refractivity contribution in [2.45, 2.75) is 57.9 Å². The van der Waals surface area contributed by atoms with Gasteiger partial charge in [0.15, 0.2) is 0 Å². The van der Waals surface area contributed by atoms with Crippen LogP contribution in [0.3, 0.4) is 0 Å². The van der Waals surface area contributed by atoms with Gasteiger partial charge in [0.2, 0.25) is 0 Å². The molecule has 1 N–H and O–H groups in total. The Kier molecular flexibility index (Phi) is 5.11. The molecule has 0 aromatic heterocycles. The maximum absolute atomic E-state index is 5.40. The molecule has 1 saturated heterocycles. The summed E-state index contributed by atoms with van der Waals surface area (Å²) in [5, 5.41) is 3.80. The van der Waals surface area contributed by atoms with Gasteiger partial charge in [0.1, 0.15) is 0 Å². The van der Waals surface area contributed by atoms with Gasteiger partial charge in [-0.1, -0.05) is 26.2 Å². The Morgan fingerprint density at radius 3 is 2.62 bits per heavy atom. The fourth-order valence-electron chi connectivity index (χ4n) is 3.13. The van der Waals surface area contributed by atoms with Crippen molar-refractivity contribution in [3.8, 4) is 0 Å². The van der Waals surface area contributed by atoms with Gasteiger partial charge in [-0.2, -0.15) is 0 Å². The van der Waals surface area contributed by atoms with Gasteiger partial charge in [-0.15, -0.1) is 0 Å². The Bertz CT molecular complexity index is 189. The molecule has 1 saturated carbocycles. The van der Waals surface area contributed by atoms with Gasteiger partial charge in [0.25, 0.3) is 0 Å². The first-order valence-corrected chi connectivity index (χ1v) is 7.19. The SMILES string of the molecule is CCC1CCCC(NCC2CCOCC2)C1. The first kappa shape index (κ1) is 12.4. The minimum Gasteiger partial charge on any atom is -0.381 e. The Hall–Kier alpha value is -0.0800. The molecule has 2 nitrogen and oxygen atoms in total. The monoisotopic (exact) mass is 225 g/mol. The van der Waals surface area contributed by atoms with Crippen LogP contribution in [0.25, 0.3) is 0 Å². The molecule has 0 aromatic carbocycles. The topological polar surface area (TPSA) is 21.3 Å². The quantitative estimate of drug-likeness (QED) is 0.794. The zero-order valence-electron chi connectivity index (χ0n) is 10.7. The van der Waals surface area contributed by atoms with E-state index >= 15 is 0 Å². The maximum Gasteiger partial charge on any atom is 0.0469 e. The summed E-state index contributed by atoms with van der Waals surface area (Å²) in [5.74, 6) is 1.86. The van der Waals surface area contributed by atoms with E-state index in [9.17, 15) is 0 Å². The summed E-state index contributed by atoms with van der Waals surface area (Å²) in [6.45, 7) is 5.53. The van der Waals surface area contributed by atoms with Gasteiger partial charge in [0.05, 0.1) is 0 Å². The molecule has 0 bridgehead atoms. The highest BCUT2D eigenvalue weighted by Gasteiger charge is 2.21. The zero-order chi connectivity index (χ0) is 11.2. The molecule has 16 heavy (non-hydrogen) atoms. The average molecular weight is 225 g/mol. The van der Waals surface area contributed by atoms with Crippen LogP contribution >= 0.6 is 0 Å². The summed E-state index contributed by atoms with van der Waals surface area (Å²) in [6, 6.07) is 0.807. The van der Waals surface area contributed by atoms with E-state index in [2.05, 4.69) is 12.2 Å². The lowest BCUT2D eigenvalue weighted by Crippen LogP contribution is -2.38. The predicted molar refractivity (Wildman–Crippen MR) is 67.6 cm³/mol. The van der Waals surface area contributed by atoms with Gasteiger partial charge in [-0.3, -0.25) is 0 Å². The number of nitrogens with one attached hydrogen (secondary N) is 1. The van der Waals surface area contributed by atoms with Crippen LogP contribution < -0.4 is 5.32 Å². The highest BCUT2D eigenvalue weighted by atomic mass is 16.5. The third-order valence-electron chi connectivity index (χ3n) is 4.40. The van der Waals surface area contributed by atoms with Crippen LogP contribution in [0.5, 0.6) is 0 Å². The lowest BCUT2D eigenvalue weighted by molar-refractivity contribution is 0.0646. The number of ether oxygens (including phenoxy) is 1. The van der Waals surface area contributed by atoms with E-state index in [0.29, 0.717) is 0 Å². The molecular formula is C14H27NO. The van der Waals surface area contributed by atoms with Crippen molar-refractivity contribution in [2.24, 2.45) is 11.8 Å². The molecular weight excluding hydrogens is 198 g/mol. The fraction of sp³-hybridized carbons (Fsp3) is 1.00. The number of rotatable bonds is 4. The van der Waals surface area contributed by atoms with Crippen LogP contribution in [-0.2, 0) is 4.74 Å².